The minimum atomic E-state index is 0.602. The van der Waals surface area contributed by atoms with Gasteiger partial charge in [0.1, 0.15) is 0 Å². The van der Waals surface area contributed by atoms with Crippen molar-refractivity contribution in [3.63, 3.8) is 0 Å². The Labute approximate surface area is 127 Å². The molecular weight excluding hydrogens is 270 g/mol. The second-order valence-electron chi connectivity index (χ2n) is 5.92. The average Bonchev–Trinajstić information content (AvgIpc) is 2.36. The quantitative estimate of drug-likeness (QED) is 0.772. The van der Waals surface area contributed by atoms with Gasteiger partial charge in [-0.25, -0.2) is 0 Å². The van der Waals surface area contributed by atoms with E-state index in [0.29, 0.717) is 6.04 Å². The first kappa shape index (κ1) is 15.8. The zero-order valence-corrected chi connectivity index (χ0v) is 14.3. The fourth-order valence-electron chi connectivity index (χ4n) is 3.09. The Bertz CT molecular complexity index is 303. The largest absolute Gasteiger partial charge is 0.312 e. The van der Waals surface area contributed by atoms with Crippen LogP contribution >= 0.6 is 23.5 Å². The molecule has 1 aliphatic carbocycles. The summed E-state index contributed by atoms with van der Waals surface area (Å²) in [6.07, 6.45) is 10.8. The van der Waals surface area contributed by atoms with Gasteiger partial charge in [0.05, 0.1) is 0 Å². The van der Waals surface area contributed by atoms with E-state index in [1.165, 1.54) is 44.3 Å². The topological polar surface area (TPSA) is 12.0 Å². The van der Waals surface area contributed by atoms with Gasteiger partial charge in [0.25, 0.3) is 0 Å². The van der Waals surface area contributed by atoms with E-state index < -0.39 is 0 Å². The number of nitrogens with one attached hydrogen (secondary N) is 1. The van der Waals surface area contributed by atoms with Crippen molar-refractivity contribution in [1.29, 1.82) is 0 Å². The summed E-state index contributed by atoms with van der Waals surface area (Å²) in [6, 6.07) is 0.602. The molecule has 19 heavy (non-hydrogen) atoms. The third-order valence-corrected chi connectivity index (χ3v) is 7.98. The Morgan fingerprint density at radius 2 is 1.95 bits per heavy atom. The first-order valence-electron chi connectivity index (χ1n) is 7.85. The molecule has 0 bridgehead atoms. The molecule has 0 aromatic heterocycles. The minimum Gasteiger partial charge on any atom is -0.312 e. The van der Waals surface area contributed by atoms with Crippen LogP contribution in [0.3, 0.4) is 0 Å². The molecule has 3 heteroatoms. The molecule has 4 atom stereocenters. The van der Waals surface area contributed by atoms with Crippen molar-refractivity contribution >= 4 is 23.5 Å². The third kappa shape index (κ3) is 4.44. The van der Waals surface area contributed by atoms with Gasteiger partial charge in [-0.15, -0.1) is 0 Å². The highest BCUT2D eigenvalue weighted by atomic mass is 32.2. The molecule has 1 nitrogen and oxygen atoms in total. The van der Waals surface area contributed by atoms with E-state index in [1.54, 1.807) is 5.57 Å². The second kappa shape index (κ2) is 7.99. The highest BCUT2D eigenvalue weighted by molar-refractivity contribution is 8.07. The van der Waals surface area contributed by atoms with E-state index in [-0.39, 0.29) is 0 Å². The SMILES string of the molecule is CNC(C1=CCCCCCC1)C1CSC(C)C(C)S1. The maximum atomic E-state index is 3.62. The Balaban J connectivity index is 2.01. The number of hydrogen-bond acceptors (Lipinski definition) is 3. The number of thioether (sulfide) groups is 2. The highest BCUT2D eigenvalue weighted by Crippen LogP contribution is 2.39. The molecule has 0 amide bonds. The summed E-state index contributed by atoms with van der Waals surface area (Å²) in [6.45, 7) is 4.77. The summed E-state index contributed by atoms with van der Waals surface area (Å²) in [4.78, 5) is 0. The second-order valence-corrected chi connectivity index (χ2v) is 8.95. The lowest BCUT2D eigenvalue weighted by Crippen LogP contribution is -2.43. The van der Waals surface area contributed by atoms with Gasteiger partial charge in [0.2, 0.25) is 0 Å². The van der Waals surface area contributed by atoms with Crippen LogP contribution in [0.25, 0.3) is 0 Å². The maximum absolute atomic E-state index is 3.62. The minimum absolute atomic E-state index is 0.602. The van der Waals surface area contributed by atoms with Crippen LogP contribution in [0.2, 0.25) is 0 Å². The van der Waals surface area contributed by atoms with E-state index in [0.717, 1.165) is 15.7 Å². The molecule has 4 unspecified atom stereocenters. The molecular formula is C16H29NS2. The summed E-state index contributed by atoms with van der Waals surface area (Å²) in [7, 11) is 2.15. The molecule has 0 spiro atoms. The predicted octanol–water partition coefficient (Wildman–Crippen LogP) is 4.48. The van der Waals surface area contributed by atoms with E-state index in [2.05, 4.69) is 55.8 Å². The summed E-state index contributed by atoms with van der Waals surface area (Å²) in [5.74, 6) is 1.30. The third-order valence-electron chi connectivity index (χ3n) is 4.48. The molecule has 1 N–H and O–H groups in total. The molecule has 0 radical (unpaired) electrons. The van der Waals surface area contributed by atoms with Crippen molar-refractivity contribution in [3.05, 3.63) is 11.6 Å². The lowest BCUT2D eigenvalue weighted by atomic mass is 9.93. The van der Waals surface area contributed by atoms with Crippen LogP contribution < -0.4 is 5.32 Å². The molecule has 1 aliphatic heterocycles. The monoisotopic (exact) mass is 299 g/mol. The van der Waals surface area contributed by atoms with Gasteiger partial charge in [0, 0.05) is 27.5 Å². The van der Waals surface area contributed by atoms with Crippen LogP contribution in [0.1, 0.15) is 52.4 Å². The van der Waals surface area contributed by atoms with E-state index in [1.807, 2.05) is 0 Å². The summed E-state index contributed by atoms with van der Waals surface area (Å²) < 4.78 is 0. The maximum Gasteiger partial charge on any atom is 0.0405 e. The predicted molar refractivity (Wildman–Crippen MR) is 91.4 cm³/mol. The number of allylic oxidation sites excluding steroid dienone is 1. The van der Waals surface area contributed by atoms with Crippen molar-refractivity contribution < 1.29 is 0 Å². The van der Waals surface area contributed by atoms with Crippen LogP contribution in [-0.2, 0) is 0 Å². The molecule has 1 saturated heterocycles. The van der Waals surface area contributed by atoms with Crippen LogP contribution in [0, 0.1) is 0 Å². The molecule has 110 valence electrons. The molecule has 0 aromatic rings. The van der Waals surface area contributed by atoms with E-state index >= 15 is 0 Å². The zero-order chi connectivity index (χ0) is 13.7. The van der Waals surface area contributed by atoms with Gasteiger partial charge in [-0.3, -0.25) is 0 Å². The van der Waals surface area contributed by atoms with Gasteiger partial charge < -0.3 is 5.32 Å². The van der Waals surface area contributed by atoms with Crippen LogP contribution in [0.5, 0.6) is 0 Å². The molecule has 2 aliphatic rings. The smallest absolute Gasteiger partial charge is 0.0405 e. The van der Waals surface area contributed by atoms with Gasteiger partial charge >= 0.3 is 0 Å². The van der Waals surface area contributed by atoms with Crippen LogP contribution in [-0.4, -0.2) is 34.6 Å². The van der Waals surface area contributed by atoms with Crippen molar-refractivity contribution in [2.24, 2.45) is 0 Å². The lowest BCUT2D eigenvalue weighted by Gasteiger charge is -2.37. The number of hydrogen-bond donors (Lipinski definition) is 1. The highest BCUT2D eigenvalue weighted by Gasteiger charge is 2.32. The fraction of sp³-hybridized carbons (Fsp3) is 0.875. The first-order valence-corrected chi connectivity index (χ1v) is 9.84. The van der Waals surface area contributed by atoms with Crippen molar-refractivity contribution in [1.82, 2.24) is 5.32 Å². The first-order chi connectivity index (χ1) is 9.22. The van der Waals surface area contributed by atoms with Gasteiger partial charge in [-0.05, 0) is 32.7 Å². The Morgan fingerprint density at radius 3 is 2.68 bits per heavy atom. The normalized spacial score (nSPS) is 35.1. The molecule has 2 rings (SSSR count). The molecule has 1 fully saturated rings. The van der Waals surface area contributed by atoms with Gasteiger partial charge in [-0.1, -0.05) is 38.3 Å². The van der Waals surface area contributed by atoms with Crippen LogP contribution in [0.4, 0.5) is 0 Å². The molecule has 0 saturated carbocycles. The molecule has 0 aromatic carbocycles. The van der Waals surface area contributed by atoms with E-state index in [9.17, 15) is 0 Å². The van der Waals surface area contributed by atoms with Gasteiger partial charge in [-0.2, -0.15) is 23.5 Å². The fourth-order valence-corrected chi connectivity index (χ4v) is 6.27. The Kier molecular flexibility index (Phi) is 6.64. The average molecular weight is 300 g/mol. The zero-order valence-electron chi connectivity index (χ0n) is 12.7. The molecule has 1 heterocycles. The number of rotatable bonds is 3. The summed E-state index contributed by atoms with van der Waals surface area (Å²) in [5.41, 5.74) is 1.70. The lowest BCUT2D eigenvalue weighted by molar-refractivity contribution is 0.556. The van der Waals surface area contributed by atoms with E-state index in [4.69, 9.17) is 0 Å². The van der Waals surface area contributed by atoms with Gasteiger partial charge in [0.15, 0.2) is 0 Å². The van der Waals surface area contributed by atoms with Crippen molar-refractivity contribution in [3.8, 4) is 0 Å². The number of likely N-dealkylation sites (N-methyl/N-ethyl adjacent to an activating group) is 1. The van der Waals surface area contributed by atoms with Crippen molar-refractivity contribution in [2.75, 3.05) is 12.8 Å². The Hall–Kier alpha value is 0.400. The van der Waals surface area contributed by atoms with Crippen molar-refractivity contribution in [2.45, 2.75) is 74.2 Å². The Morgan fingerprint density at radius 1 is 1.16 bits per heavy atom. The standard InChI is InChI=1S/C16H29NS2/c1-12-13(2)19-15(11-18-12)16(17-3)14-9-7-5-4-6-8-10-14/h9,12-13,15-17H,4-8,10-11H2,1-3H3. The summed E-state index contributed by atoms with van der Waals surface area (Å²) >= 11 is 4.37. The van der Waals surface area contributed by atoms with Crippen LogP contribution in [0.15, 0.2) is 11.6 Å². The summed E-state index contributed by atoms with van der Waals surface area (Å²) in [5, 5.41) is 5.98.